The van der Waals surface area contributed by atoms with E-state index >= 15 is 0 Å². The zero-order valence-corrected chi connectivity index (χ0v) is 24.1. The molecule has 3 aromatic rings. The third-order valence-electron chi connectivity index (χ3n) is 7.62. The number of nitrogens with zero attached hydrogens (tertiary/aromatic N) is 4. The molecule has 0 unspecified atom stereocenters. The van der Waals surface area contributed by atoms with Crippen LogP contribution in [0.4, 0.5) is 5.69 Å². The quantitative estimate of drug-likeness (QED) is 0.212. The number of nitrogens with two attached hydrogens (primary N) is 1. The molecule has 0 bridgehead atoms. The molecular formula is C31H33N5O5. The standard InChI is InChI=1S/C31H33N5O5/c1-7-35(8-2)30(38)19-21(32)25(37)16(5)26-22(19)33-23-20(31(39)36(9-3)10-4)24-28(17(6)27(23)40-26)41-29(34-24)18-14-12-11-13-15-18/h11-15H,7-10,32H2,1-6H3. The molecule has 10 heteroatoms. The molecule has 5 rings (SSSR count). The summed E-state index contributed by atoms with van der Waals surface area (Å²) in [5.74, 6) is -0.254. The fourth-order valence-corrected chi connectivity index (χ4v) is 5.23. The van der Waals surface area contributed by atoms with Crippen LogP contribution in [-0.2, 0) is 0 Å². The number of fused-ring (bicyclic) bond motifs is 3. The fourth-order valence-electron chi connectivity index (χ4n) is 5.23. The number of amides is 2. The fraction of sp³-hybridized carbons (Fsp3) is 0.323. The van der Waals surface area contributed by atoms with Crippen molar-refractivity contribution in [3.8, 4) is 22.9 Å². The summed E-state index contributed by atoms with van der Waals surface area (Å²) in [5.41, 5.74) is 8.62. The van der Waals surface area contributed by atoms with Crippen molar-refractivity contribution in [3.63, 3.8) is 0 Å². The maximum absolute atomic E-state index is 14.0. The zero-order valence-electron chi connectivity index (χ0n) is 24.1. The third-order valence-corrected chi connectivity index (χ3v) is 7.62. The maximum Gasteiger partial charge on any atom is 0.258 e. The van der Waals surface area contributed by atoms with Gasteiger partial charge in [0.25, 0.3) is 11.8 Å². The van der Waals surface area contributed by atoms with Crippen LogP contribution in [0.3, 0.4) is 0 Å². The van der Waals surface area contributed by atoms with Gasteiger partial charge in [-0.2, -0.15) is 0 Å². The van der Waals surface area contributed by atoms with E-state index in [4.69, 9.17) is 24.5 Å². The molecule has 2 N–H and O–H groups in total. The highest BCUT2D eigenvalue weighted by atomic mass is 16.4. The molecule has 10 nitrogen and oxygen atoms in total. The van der Waals surface area contributed by atoms with Crippen LogP contribution in [0, 0.1) is 13.8 Å². The number of carbonyl (C=O) groups is 2. The molecule has 1 aliphatic heterocycles. The van der Waals surface area contributed by atoms with Crippen molar-refractivity contribution >= 4 is 39.7 Å². The number of anilines is 1. The van der Waals surface area contributed by atoms with E-state index in [-0.39, 0.29) is 50.8 Å². The second kappa shape index (κ2) is 10.7. The maximum atomic E-state index is 14.0. The predicted molar refractivity (Wildman–Crippen MR) is 158 cm³/mol. The van der Waals surface area contributed by atoms with Gasteiger partial charge in [0.15, 0.2) is 16.9 Å². The monoisotopic (exact) mass is 555 g/mol. The van der Waals surface area contributed by atoms with Gasteiger partial charge in [-0.1, -0.05) is 18.2 Å². The van der Waals surface area contributed by atoms with Gasteiger partial charge in [0.05, 0.1) is 16.8 Å². The number of benzene rings is 3. The minimum atomic E-state index is -0.498. The number of hydrogen-bond acceptors (Lipinski definition) is 8. The molecule has 0 saturated heterocycles. The van der Waals surface area contributed by atoms with Crippen molar-refractivity contribution in [2.75, 3.05) is 31.9 Å². The van der Waals surface area contributed by atoms with E-state index in [9.17, 15) is 14.4 Å². The van der Waals surface area contributed by atoms with E-state index in [1.165, 1.54) is 0 Å². The molecule has 2 heterocycles. The van der Waals surface area contributed by atoms with E-state index in [1.807, 2.05) is 58.0 Å². The molecule has 1 aliphatic carbocycles. The van der Waals surface area contributed by atoms with Gasteiger partial charge in [-0.3, -0.25) is 14.4 Å². The van der Waals surface area contributed by atoms with E-state index < -0.39 is 11.3 Å². The Kier molecular flexibility index (Phi) is 7.25. The molecule has 0 saturated carbocycles. The van der Waals surface area contributed by atoms with Crippen molar-refractivity contribution in [2.45, 2.75) is 41.5 Å². The van der Waals surface area contributed by atoms with Gasteiger partial charge in [-0.15, -0.1) is 0 Å². The summed E-state index contributed by atoms with van der Waals surface area (Å²) >= 11 is 0. The predicted octanol–water partition coefficient (Wildman–Crippen LogP) is 5.26. The van der Waals surface area contributed by atoms with Gasteiger partial charge in [0.2, 0.25) is 11.3 Å². The van der Waals surface area contributed by atoms with Crippen LogP contribution in [0.15, 0.2) is 44.0 Å². The third kappa shape index (κ3) is 4.30. The van der Waals surface area contributed by atoms with Crippen LogP contribution in [0.1, 0.15) is 59.5 Å². The lowest BCUT2D eigenvalue weighted by molar-refractivity contribution is 0.0768. The number of oxazole rings is 1. The molecule has 2 amide bonds. The molecule has 0 atom stereocenters. The van der Waals surface area contributed by atoms with Crippen LogP contribution in [0.5, 0.6) is 0 Å². The highest BCUT2D eigenvalue weighted by Crippen LogP contribution is 2.40. The average Bonchev–Trinajstić information content (AvgIpc) is 3.43. The first-order chi connectivity index (χ1) is 19.7. The van der Waals surface area contributed by atoms with E-state index in [1.54, 1.807) is 23.6 Å². The van der Waals surface area contributed by atoms with E-state index in [0.717, 1.165) is 5.56 Å². The van der Waals surface area contributed by atoms with Crippen LogP contribution >= 0.6 is 0 Å². The molecule has 1 aromatic heterocycles. The lowest BCUT2D eigenvalue weighted by Gasteiger charge is -2.23. The van der Waals surface area contributed by atoms with Gasteiger partial charge >= 0.3 is 0 Å². The van der Waals surface area contributed by atoms with Crippen molar-refractivity contribution in [3.05, 3.63) is 62.8 Å². The zero-order chi connectivity index (χ0) is 29.6. The molecule has 2 aliphatic rings. The van der Waals surface area contributed by atoms with Crippen LogP contribution in [0.2, 0.25) is 0 Å². The summed E-state index contributed by atoms with van der Waals surface area (Å²) in [6.45, 7) is 12.6. The first-order valence-electron chi connectivity index (χ1n) is 13.8. The Hall–Kier alpha value is -4.73. The van der Waals surface area contributed by atoms with Crippen LogP contribution in [0.25, 0.3) is 45.1 Å². The van der Waals surface area contributed by atoms with Gasteiger partial charge in [0.1, 0.15) is 16.7 Å². The largest absolute Gasteiger partial charge is 0.452 e. The number of hydrogen-bond donors (Lipinski definition) is 1. The van der Waals surface area contributed by atoms with E-state index in [2.05, 4.69) is 0 Å². The van der Waals surface area contributed by atoms with Crippen molar-refractivity contribution < 1.29 is 18.4 Å². The summed E-state index contributed by atoms with van der Waals surface area (Å²) < 4.78 is 12.6. The summed E-state index contributed by atoms with van der Waals surface area (Å²) in [6, 6.07) is 9.39. The van der Waals surface area contributed by atoms with Gasteiger partial charge in [-0.05, 0) is 53.7 Å². The Balaban J connectivity index is 1.97. The number of aryl methyl sites for hydroxylation is 1. The van der Waals surface area contributed by atoms with Gasteiger partial charge in [-0.25, -0.2) is 9.97 Å². The number of carbonyl (C=O) groups excluding carboxylic acids is 2. The molecule has 212 valence electrons. The molecule has 0 fully saturated rings. The summed E-state index contributed by atoms with van der Waals surface area (Å²) in [7, 11) is 0. The first kappa shape index (κ1) is 27.8. The Morgan fingerprint density at radius 1 is 0.780 bits per heavy atom. The van der Waals surface area contributed by atoms with Crippen molar-refractivity contribution in [1.82, 2.24) is 19.8 Å². The lowest BCUT2D eigenvalue weighted by Crippen LogP contribution is -2.34. The Morgan fingerprint density at radius 2 is 1.32 bits per heavy atom. The molecule has 41 heavy (non-hydrogen) atoms. The summed E-state index contributed by atoms with van der Waals surface area (Å²) in [5, 5.41) is 0. The smallest absolute Gasteiger partial charge is 0.258 e. The van der Waals surface area contributed by atoms with Gasteiger partial charge < -0.3 is 24.4 Å². The van der Waals surface area contributed by atoms with Crippen LogP contribution < -0.4 is 11.2 Å². The number of rotatable bonds is 7. The highest BCUT2D eigenvalue weighted by Gasteiger charge is 2.33. The van der Waals surface area contributed by atoms with E-state index in [0.29, 0.717) is 48.7 Å². The SMILES string of the molecule is CCN(CC)C(=O)c1c2nc3c(C(=O)N(CC)CC)c4nc(-c5ccccc5)oc4c(C)c3oc-2c(C)c(=O)c1N. The van der Waals surface area contributed by atoms with Crippen molar-refractivity contribution in [2.24, 2.45) is 0 Å². The molecule has 0 spiro atoms. The number of nitrogen functional groups attached to an aromatic ring is 1. The summed E-state index contributed by atoms with van der Waals surface area (Å²) in [6.07, 6.45) is 0. The second-order valence-electron chi connectivity index (χ2n) is 9.83. The Bertz CT molecular complexity index is 1830. The second-order valence-corrected chi connectivity index (χ2v) is 9.83. The van der Waals surface area contributed by atoms with Gasteiger partial charge in [0, 0.05) is 42.9 Å². The normalized spacial score (nSPS) is 11.5. The molecular weight excluding hydrogens is 522 g/mol. The lowest BCUT2D eigenvalue weighted by atomic mass is 9.98. The van der Waals surface area contributed by atoms with Crippen molar-refractivity contribution in [1.29, 1.82) is 0 Å². The molecule has 2 aromatic carbocycles. The van der Waals surface area contributed by atoms with Crippen LogP contribution in [-0.4, -0.2) is 57.8 Å². The topological polar surface area (TPSA) is 136 Å². The minimum Gasteiger partial charge on any atom is -0.452 e. The minimum absolute atomic E-state index is 0.0333. The Labute approximate surface area is 237 Å². The summed E-state index contributed by atoms with van der Waals surface area (Å²) in [4.78, 5) is 53.7. The highest BCUT2D eigenvalue weighted by molar-refractivity contribution is 6.16. The molecule has 0 radical (unpaired) electrons. The number of aromatic nitrogens is 2. The Morgan fingerprint density at radius 3 is 1.90 bits per heavy atom. The first-order valence-corrected chi connectivity index (χ1v) is 13.8. The average molecular weight is 556 g/mol.